The minimum Gasteiger partial charge on any atom is -0.508 e. The molecule has 1 aliphatic carbocycles. The van der Waals surface area contributed by atoms with E-state index in [4.69, 9.17) is 4.74 Å². The van der Waals surface area contributed by atoms with Crippen LogP contribution in [-0.4, -0.2) is 58.3 Å². The van der Waals surface area contributed by atoms with Crippen molar-refractivity contribution in [3.8, 4) is 5.75 Å². The molecule has 1 atom stereocenters. The molecule has 5 rings (SSSR count). The Labute approximate surface area is 225 Å². The molecule has 7 nitrogen and oxygen atoms in total. The van der Waals surface area contributed by atoms with E-state index < -0.39 is 23.3 Å². The standard InChI is InChI=1S/C29H33F3N2O5/c30-29(31,32)25(39-18-20-3-9-23(35)10-4-20)21-5-7-22(8-6-21)34-17-15-27(26(34)37)11-13-28(38,14-12-27)19-33-16-1-2-24(33)36/h3-10,25,35,38H,1-2,11-19H2/t25-,27?,28?/m1/s1. The maximum Gasteiger partial charge on any atom is 0.418 e. The van der Waals surface area contributed by atoms with Crippen LogP contribution in [0.3, 0.4) is 0 Å². The van der Waals surface area contributed by atoms with E-state index in [9.17, 15) is 33.0 Å². The molecule has 2 aromatic rings. The highest BCUT2D eigenvalue weighted by Gasteiger charge is 2.52. The molecule has 0 aromatic heterocycles. The van der Waals surface area contributed by atoms with Gasteiger partial charge in [0.05, 0.1) is 17.6 Å². The second-order valence-electron chi connectivity index (χ2n) is 11.1. The average Bonchev–Trinajstić information content (AvgIpc) is 3.44. The Hall–Kier alpha value is -3.11. The first-order valence-electron chi connectivity index (χ1n) is 13.4. The molecule has 0 radical (unpaired) electrons. The number of phenolic OH excluding ortho intramolecular Hbond substituents is 1. The summed E-state index contributed by atoms with van der Waals surface area (Å²) in [7, 11) is 0. The minimum absolute atomic E-state index is 0.0161. The van der Waals surface area contributed by atoms with Gasteiger partial charge < -0.3 is 24.7 Å². The summed E-state index contributed by atoms with van der Waals surface area (Å²) in [5.41, 5.74) is -0.623. The van der Waals surface area contributed by atoms with Crippen LogP contribution in [0.2, 0.25) is 0 Å². The zero-order valence-electron chi connectivity index (χ0n) is 21.6. The molecule has 2 amide bonds. The monoisotopic (exact) mass is 546 g/mol. The van der Waals surface area contributed by atoms with Crippen LogP contribution in [0, 0.1) is 5.41 Å². The van der Waals surface area contributed by atoms with Crippen LogP contribution in [0.1, 0.15) is 62.2 Å². The second kappa shape index (κ2) is 10.5. The van der Waals surface area contributed by atoms with Crippen molar-refractivity contribution < 1.29 is 37.7 Å². The van der Waals surface area contributed by atoms with Gasteiger partial charge in [0, 0.05) is 31.7 Å². The van der Waals surface area contributed by atoms with E-state index in [1.54, 1.807) is 9.80 Å². The fourth-order valence-electron chi connectivity index (χ4n) is 6.09. The van der Waals surface area contributed by atoms with E-state index in [1.165, 1.54) is 48.5 Å². The van der Waals surface area contributed by atoms with Crippen LogP contribution < -0.4 is 4.90 Å². The van der Waals surface area contributed by atoms with Gasteiger partial charge in [-0.15, -0.1) is 0 Å². The SMILES string of the molecule is O=C1CCCN1CC1(O)CCC2(CCN(c3ccc([C@@H](OCc4ccc(O)cc4)C(F)(F)F)cc3)C2=O)CC1. The molecule has 2 aromatic carbocycles. The maximum absolute atomic E-state index is 13.8. The molecule has 0 bridgehead atoms. The van der Waals surface area contributed by atoms with Crippen molar-refractivity contribution >= 4 is 17.5 Å². The van der Waals surface area contributed by atoms with Gasteiger partial charge in [-0.3, -0.25) is 9.59 Å². The van der Waals surface area contributed by atoms with Gasteiger partial charge in [0.15, 0.2) is 6.10 Å². The van der Waals surface area contributed by atoms with Crippen molar-refractivity contribution in [3.63, 3.8) is 0 Å². The predicted molar refractivity (Wildman–Crippen MR) is 137 cm³/mol. The van der Waals surface area contributed by atoms with E-state index in [-0.39, 0.29) is 29.7 Å². The lowest BCUT2D eigenvalue weighted by molar-refractivity contribution is -0.227. The number of hydrogen-bond donors (Lipinski definition) is 2. The van der Waals surface area contributed by atoms with E-state index in [2.05, 4.69) is 0 Å². The van der Waals surface area contributed by atoms with E-state index in [0.29, 0.717) is 69.4 Å². The number of phenols is 1. The number of carbonyl (C=O) groups is 2. The van der Waals surface area contributed by atoms with E-state index in [1.807, 2.05) is 0 Å². The van der Waals surface area contributed by atoms with Gasteiger partial charge in [0.2, 0.25) is 11.8 Å². The smallest absolute Gasteiger partial charge is 0.418 e. The lowest BCUT2D eigenvalue weighted by Gasteiger charge is -2.42. The van der Waals surface area contributed by atoms with Gasteiger partial charge >= 0.3 is 6.18 Å². The topological polar surface area (TPSA) is 90.3 Å². The molecule has 3 fully saturated rings. The summed E-state index contributed by atoms with van der Waals surface area (Å²) in [5, 5.41) is 20.5. The first kappa shape index (κ1) is 27.5. The van der Waals surface area contributed by atoms with Crippen LogP contribution in [-0.2, 0) is 20.9 Å². The number of anilines is 1. The number of amides is 2. The van der Waals surface area contributed by atoms with Gasteiger partial charge in [0.1, 0.15) is 5.75 Å². The zero-order chi connectivity index (χ0) is 27.8. The van der Waals surface area contributed by atoms with Crippen LogP contribution >= 0.6 is 0 Å². The number of aromatic hydroxyl groups is 1. The minimum atomic E-state index is -4.63. The van der Waals surface area contributed by atoms with Crippen molar-refractivity contribution in [2.75, 3.05) is 24.5 Å². The summed E-state index contributed by atoms with van der Waals surface area (Å²) in [5.74, 6) is 0.0155. The first-order chi connectivity index (χ1) is 18.5. The average molecular weight is 547 g/mol. The highest BCUT2D eigenvalue weighted by atomic mass is 19.4. The summed E-state index contributed by atoms with van der Waals surface area (Å²) in [6.45, 7) is 1.14. The van der Waals surface area contributed by atoms with Crippen LogP contribution in [0.25, 0.3) is 0 Å². The number of likely N-dealkylation sites (tertiary alicyclic amines) is 1. The Morgan fingerprint density at radius 2 is 1.59 bits per heavy atom. The Kier molecular flexibility index (Phi) is 7.37. The van der Waals surface area contributed by atoms with Crippen molar-refractivity contribution in [1.82, 2.24) is 4.90 Å². The number of nitrogens with zero attached hydrogens (tertiary/aromatic N) is 2. The molecular weight excluding hydrogens is 513 g/mol. The third-order valence-electron chi connectivity index (χ3n) is 8.46. The Morgan fingerprint density at radius 3 is 2.18 bits per heavy atom. The zero-order valence-corrected chi connectivity index (χ0v) is 21.6. The maximum atomic E-state index is 13.8. The highest BCUT2D eigenvalue weighted by molar-refractivity contribution is 6.00. The molecule has 3 aliphatic rings. The number of carbonyl (C=O) groups excluding carboxylic acids is 2. The van der Waals surface area contributed by atoms with Gasteiger partial charge in [-0.2, -0.15) is 13.2 Å². The molecule has 1 saturated carbocycles. The lowest BCUT2D eigenvalue weighted by atomic mass is 9.67. The fourth-order valence-corrected chi connectivity index (χ4v) is 6.09. The van der Waals surface area contributed by atoms with Crippen molar-refractivity contribution in [2.24, 2.45) is 5.41 Å². The molecule has 2 saturated heterocycles. The third kappa shape index (κ3) is 5.77. The Morgan fingerprint density at radius 1 is 0.923 bits per heavy atom. The van der Waals surface area contributed by atoms with E-state index >= 15 is 0 Å². The normalized spacial score (nSPS) is 26.6. The summed E-state index contributed by atoms with van der Waals surface area (Å²) in [6, 6.07) is 11.5. The summed E-state index contributed by atoms with van der Waals surface area (Å²) in [6.07, 6.45) is -2.95. The number of aliphatic hydroxyl groups is 1. The highest BCUT2D eigenvalue weighted by Crippen LogP contribution is 2.49. The third-order valence-corrected chi connectivity index (χ3v) is 8.46. The summed E-state index contributed by atoms with van der Waals surface area (Å²) < 4.78 is 46.7. The van der Waals surface area contributed by atoms with Gasteiger partial charge in [-0.1, -0.05) is 24.3 Å². The van der Waals surface area contributed by atoms with Crippen molar-refractivity contribution in [3.05, 3.63) is 59.7 Å². The van der Waals surface area contributed by atoms with E-state index in [0.717, 1.165) is 6.42 Å². The predicted octanol–water partition coefficient (Wildman–Crippen LogP) is 4.86. The van der Waals surface area contributed by atoms with Gasteiger partial charge in [0.25, 0.3) is 0 Å². The summed E-state index contributed by atoms with van der Waals surface area (Å²) >= 11 is 0. The number of benzene rings is 2. The number of halogens is 3. The molecule has 210 valence electrons. The first-order valence-corrected chi connectivity index (χ1v) is 13.4. The molecule has 2 heterocycles. The second-order valence-corrected chi connectivity index (χ2v) is 11.1. The largest absolute Gasteiger partial charge is 0.508 e. The molecule has 2 aliphatic heterocycles. The van der Waals surface area contributed by atoms with Gasteiger partial charge in [-0.25, -0.2) is 0 Å². The molecule has 39 heavy (non-hydrogen) atoms. The van der Waals surface area contributed by atoms with Crippen LogP contribution in [0.5, 0.6) is 5.75 Å². The van der Waals surface area contributed by atoms with Crippen molar-refractivity contribution in [2.45, 2.75) is 69.4 Å². The van der Waals surface area contributed by atoms with Crippen molar-refractivity contribution in [1.29, 1.82) is 0 Å². The number of β-amino-alcohol motifs (C(OH)–C–C–N with tert-alkyl or cyclic N) is 1. The number of ether oxygens (including phenoxy) is 1. The molecule has 1 spiro atoms. The Bertz CT molecular complexity index is 1190. The fraction of sp³-hybridized carbons (Fsp3) is 0.517. The molecule has 2 N–H and O–H groups in total. The molecule has 10 heteroatoms. The lowest BCUT2D eigenvalue weighted by Crippen LogP contribution is -2.49. The quantitative estimate of drug-likeness (QED) is 0.518. The number of rotatable bonds is 7. The molecular formula is C29H33F3N2O5. The van der Waals surface area contributed by atoms with Crippen LogP contribution in [0.15, 0.2) is 48.5 Å². The molecule has 0 unspecified atom stereocenters. The van der Waals surface area contributed by atoms with Crippen LogP contribution in [0.4, 0.5) is 18.9 Å². The number of alkyl halides is 3. The Balaban J connectivity index is 1.23. The number of hydrogen-bond acceptors (Lipinski definition) is 5. The van der Waals surface area contributed by atoms with Gasteiger partial charge in [-0.05, 0) is 73.9 Å². The summed E-state index contributed by atoms with van der Waals surface area (Å²) in [4.78, 5) is 28.8.